The Bertz CT molecular complexity index is 425. The van der Waals surface area contributed by atoms with Gasteiger partial charge in [0.2, 0.25) is 0 Å². The van der Waals surface area contributed by atoms with Gasteiger partial charge in [-0.2, -0.15) is 0 Å². The molecular weight excluding hydrogens is 337 g/mol. The molecule has 2 rings (SSSR count). The maximum absolute atomic E-state index is 12.1. The Labute approximate surface area is 123 Å². The van der Waals surface area contributed by atoms with Gasteiger partial charge in [0.15, 0.2) is 0 Å². The Kier molecular flexibility index (Phi) is 4.30. The fourth-order valence-corrected chi connectivity index (χ4v) is 3.05. The largest absolute Gasteiger partial charge is 0.349 e. The number of hydrogen-bond acceptors (Lipinski definition) is 1. The second-order valence-electron chi connectivity index (χ2n) is 5.94. The van der Waals surface area contributed by atoms with Crippen molar-refractivity contribution in [2.24, 2.45) is 5.41 Å². The van der Waals surface area contributed by atoms with Crippen molar-refractivity contribution < 1.29 is 4.79 Å². The van der Waals surface area contributed by atoms with Crippen LogP contribution in [0.3, 0.4) is 0 Å². The summed E-state index contributed by atoms with van der Waals surface area (Å²) in [6, 6.07) is 8.07. The van der Waals surface area contributed by atoms with Crippen LogP contribution in [0.1, 0.15) is 49.9 Å². The Balaban J connectivity index is 1.97. The number of benzene rings is 1. The molecule has 1 aliphatic rings. The Hall–Kier alpha value is -0.580. The van der Waals surface area contributed by atoms with E-state index < -0.39 is 0 Å². The predicted molar refractivity (Wildman–Crippen MR) is 82.7 cm³/mol. The minimum absolute atomic E-state index is 0.0640. The van der Waals surface area contributed by atoms with Gasteiger partial charge in [-0.15, -0.1) is 0 Å². The molecule has 0 bridgehead atoms. The number of hydrogen-bond donors (Lipinski definition) is 1. The SMILES string of the molecule is CC1(C)CCCC(NC(=O)c2ccc(I)cc2)C1. The van der Waals surface area contributed by atoms with Gasteiger partial charge in [-0.25, -0.2) is 0 Å². The van der Waals surface area contributed by atoms with Crippen LogP contribution in [0.2, 0.25) is 0 Å². The van der Waals surface area contributed by atoms with Crippen LogP contribution in [0.4, 0.5) is 0 Å². The zero-order chi connectivity index (χ0) is 13.2. The molecule has 1 atom stereocenters. The quantitative estimate of drug-likeness (QED) is 0.797. The number of carbonyl (C=O) groups excluding carboxylic acids is 1. The fourth-order valence-electron chi connectivity index (χ4n) is 2.69. The van der Waals surface area contributed by atoms with Crippen molar-refractivity contribution in [2.75, 3.05) is 0 Å². The second-order valence-corrected chi connectivity index (χ2v) is 7.18. The minimum atomic E-state index is 0.0640. The van der Waals surface area contributed by atoms with Gasteiger partial charge in [0.25, 0.3) is 5.91 Å². The van der Waals surface area contributed by atoms with Gasteiger partial charge >= 0.3 is 0 Å². The van der Waals surface area contributed by atoms with Crippen molar-refractivity contribution in [1.29, 1.82) is 0 Å². The first-order valence-electron chi connectivity index (χ1n) is 6.53. The summed E-state index contributed by atoms with van der Waals surface area (Å²) in [4.78, 5) is 12.1. The van der Waals surface area contributed by atoms with Crippen molar-refractivity contribution in [3.8, 4) is 0 Å². The van der Waals surface area contributed by atoms with Crippen molar-refractivity contribution in [1.82, 2.24) is 5.32 Å². The molecule has 1 N–H and O–H groups in total. The minimum Gasteiger partial charge on any atom is -0.349 e. The van der Waals surface area contributed by atoms with Crippen LogP contribution in [-0.2, 0) is 0 Å². The molecule has 1 amide bonds. The first kappa shape index (κ1) is 13.8. The van der Waals surface area contributed by atoms with Crippen LogP contribution in [0.15, 0.2) is 24.3 Å². The molecule has 3 heteroatoms. The summed E-state index contributed by atoms with van der Waals surface area (Å²) in [7, 11) is 0. The lowest BCUT2D eigenvalue weighted by molar-refractivity contribution is 0.0902. The molecule has 1 saturated carbocycles. The molecule has 2 nitrogen and oxygen atoms in total. The fraction of sp³-hybridized carbons (Fsp3) is 0.533. The van der Waals surface area contributed by atoms with Gasteiger partial charge in [-0.05, 0) is 71.5 Å². The zero-order valence-corrected chi connectivity index (χ0v) is 13.2. The normalized spacial score (nSPS) is 22.5. The molecule has 1 fully saturated rings. The highest BCUT2D eigenvalue weighted by atomic mass is 127. The Morgan fingerprint density at radius 2 is 2.00 bits per heavy atom. The summed E-state index contributed by atoms with van der Waals surface area (Å²) in [5.74, 6) is 0.0640. The third-order valence-electron chi connectivity index (χ3n) is 3.65. The van der Waals surface area contributed by atoms with E-state index in [0.29, 0.717) is 11.5 Å². The zero-order valence-electron chi connectivity index (χ0n) is 11.0. The molecule has 1 unspecified atom stereocenters. The summed E-state index contributed by atoms with van der Waals surface area (Å²) < 4.78 is 1.16. The van der Waals surface area contributed by atoms with E-state index in [9.17, 15) is 4.79 Å². The van der Waals surface area contributed by atoms with Gasteiger partial charge in [-0.1, -0.05) is 20.3 Å². The van der Waals surface area contributed by atoms with Gasteiger partial charge in [-0.3, -0.25) is 4.79 Å². The third kappa shape index (κ3) is 3.70. The van der Waals surface area contributed by atoms with Crippen molar-refractivity contribution in [2.45, 2.75) is 45.6 Å². The van der Waals surface area contributed by atoms with Gasteiger partial charge in [0, 0.05) is 15.2 Å². The number of amides is 1. The first-order chi connectivity index (χ1) is 8.46. The van der Waals surface area contributed by atoms with Crippen LogP contribution < -0.4 is 5.32 Å². The van der Waals surface area contributed by atoms with E-state index in [1.54, 1.807) is 0 Å². The highest BCUT2D eigenvalue weighted by molar-refractivity contribution is 14.1. The van der Waals surface area contributed by atoms with E-state index in [-0.39, 0.29) is 5.91 Å². The molecule has 0 saturated heterocycles. The van der Waals surface area contributed by atoms with E-state index in [1.165, 1.54) is 12.8 Å². The highest BCUT2D eigenvalue weighted by Crippen LogP contribution is 2.35. The smallest absolute Gasteiger partial charge is 0.251 e. The molecule has 98 valence electrons. The van der Waals surface area contributed by atoms with E-state index >= 15 is 0 Å². The Morgan fingerprint density at radius 1 is 1.33 bits per heavy atom. The number of halogens is 1. The number of nitrogens with one attached hydrogen (secondary N) is 1. The van der Waals surface area contributed by atoms with Crippen LogP contribution >= 0.6 is 22.6 Å². The van der Waals surface area contributed by atoms with Crippen LogP contribution in [0.5, 0.6) is 0 Å². The molecule has 1 aromatic rings. The van der Waals surface area contributed by atoms with Crippen molar-refractivity contribution >= 4 is 28.5 Å². The number of rotatable bonds is 2. The lowest BCUT2D eigenvalue weighted by atomic mass is 9.75. The van der Waals surface area contributed by atoms with Gasteiger partial charge < -0.3 is 5.32 Å². The second kappa shape index (κ2) is 5.59. The van der Waals surface area contributed by atoms with Crippen LogP contribution in [0, 0.1) is 8.99 Å². The van der Waals surface area contributed by atoms with E-state index in [1.807, 2.05) is 24.3 Å². The summed E-state index contributed by atoms with van der Waals surface area (Å²) >= 11 is 2.25. The lowest BCUT2D eigenvalue weighted by Gasteiger charge is -2.35. The van der Waals surface area contributed by atoms with Crippen LogP contribution in [0.25, 0.3) is 0 Å². The first-order valence-corrected chi connectivity index (χ1v) is 7.61. The molecule has 18 heavy (non-hydrogen) atoms. The Morgan fingerprint density at radius 3 is 2.61 bits per heavy atom. The summed E-state index contributed by atoms with van der Waals surface area (Å²) in [5, 5.41) is 3.17. The summed E-state index contributed by atoms with van der Waals surface area (Å²) in [6.45, 7) is 4.58. The maximum Gasteiger partial charge on any atom is 0.251 e. The standard InChI is InChI=1S/C15H20INO/c1-15(2)9-3-4-13(10-15)17-14(18)11-5-7-12(16)8-6-11/h5-8,13H,3-4,9-10H2,1-2H3,(H,17,18). The molecule has 0 aromatic heterocycles. The summed E-state index contributed by atoms with van der Waals surface area (Å²) in [6.07, 6.45) is 4.68. The molecular formula is C15H20INO. The molecule has 1 aliphatic carbocycles. The maximum atomic E-state index is 12.1. The van der Waals surface area contributed by atoms with Crippen molar-refractivity contribution in [3.63, 3.8) is 0 Å². The molecule has 0 aliphatic heterocycles. The topological polar surface area (TPSA) is 29.1 Å². The lowest BCUT2D eigenvalue weighted by Crippen LogP contribution is -2.40. The number of carbonyl (C=O) groups is 1. The van der Waals surface area contributed by atoms with Crippen LogP contribution in [-0.4, -0.2) is 11.9 Å². The average molecular weight is 357 g/mol. The monoisotopic (exact) mass is 357 g/mol. The summed E-state index contributed by atoms with van der Waals surface area (Å²) in [5.41, 5.74) is 1.13. The molecule has 0 spiro atoms. The van der Waals surface area contributed by atoms with Gasteiger partial charge in [0.1, 0.15) is 0 Å². The third-order valence-corrected chi connectivity index (χ3v) is 4.37. The van der Waals surface area contributed by atoms with E-state index in [0.717, 1.165) is 22.0 Å². The van der Waals surface area contributed by atoms with E-state index in [2.05, 4.69) is 41.8 Å². The molecule has 0 radical (unpaired) electrons. The van der Waals surface area contributed by atoms with Gasteiger partial charge in [0.05, 0.1) is 0 Å². The highest BCUT2D eigenvalue weighted by Gasteiger charge is 2.28. The van der Waals surface area contributed by atoms with Crippen molar-refractivity contribution in [3.05, 3.63) is 33.4 Å². The van der Waals surface area contributed by atoms with E-state index in [4.69, 9.17) is 0 Å². The molecule has 0 heterocycles. The average Bonchev–Trinajstić information content (AvgIpc) is 2.28. The predicted octanol–water partition coefficient (Wildman–Crippen LogP) is 3.99. The molecule has 1 aromatic carbocycles.